The molecule has 4 rings (SSSR count). The predicted molar refractivity (Wildman–Crippen MR) is 124 cm³/mol. The Balaban J connectivity index is 1.48. The molecule has 3 N–H and O–H groups in total. The summed E-state index contributed by atoms with van der Waals surface area (Å²) in [4.78, 5) is 20.9. The Hall–Kier alpha value is -3.20. The van der Waals surface area contributed by atoms with Crippen LogP contribution in [0.3, 0.4) is 0 Å². The molecule has 2 heterocycles. The van der Waals surface area contributed by atoms with Crippen LogP contribution in [0.15, 0.2) is 60.2 Å². The van der Waals surface area contributed by atoms with Crippen LogP contribution in [0.25, 0.3) is 10.6 Å². The zero-order valence-corrected chi connectivity index (χ0v) is 18.6. The highest BCUT2D eigenvalue weighted by molar-refractivity contribution is 7.13. The molecular formula is C22H15Cl2FN4O2S. The highest BCUT2D eigenvalue weighted by atomic mass is 35.5. The molecule has 0 saturated carbocycles. The first-order valence-electron chi connectivity index (χ1n) is 9.25. The number of carbonyl (C=O) groups excluding carboxylic acids is 1. The first-order valence-corrected chi connectivity index (χ1v) is 10.9. The number of anilines is 1. The van der Waals surface area contributed by atoms with Gasteiger partial charge in [-0.2, -0.15) is 0 Å². The maximum atomic E-state index is 15.1. The summed E-state index contributed by atoms with van der Waals surface area (Å²) in [5, 5.41) is 5.36. The number of amides is 1. The second-order valence-corrected chi connectivity index (χ2v) is 8.34. The van der Waals surface area contributed by atoms with E-state index in [1.165, 1.54) is 41.7 Å². The number of halogens is 3. The lowest BCUT2D eigenvalue weighted by Crippen LogP contribution is -2.23. The minimum Gasteiger partial charge on any atom is -0.453 e. The SMILES string of the molecule is Nc1cc(Cl)cc(Oc2c(Cl)ccc(CNC(=O)c3csc(-c4cccnc4)n3)c2F)c1. The van der Waals surface area contributed by atoms with Crippen molar-refractivity contribution in [2.45, 2.75) is 6.54 Å². The average molecular weight is 489 g/mol. The second kappa shape index (κ2) is 9.52. The van der Waals surface area contributed by atoms with Gasteiger partial charge < -0.3 is 15.8 Å². The van der Waals surface area contributed by atoms with Gasteiger partial charge in [-0.1, -0.05) is 29.3 Å². The van der Waals surface area contributed by atoms with Crippen molar-refractivity contribution in [1.82, 2.24) is 15.3 Å². The Kier molecular flexibility index (Phi) is 6.55. The highest BCUT2D eigenvalue weighted by Gasteiger charge is 2.17. The number of nitrogens with one attached hydrogen (secondary N) is 1. The molecule has 0 bridgehead atoms. The quantitative estimate of drug-likeness (QED) is 0.327. The number of thiazole rings is 1. The Morgan fingerprint density at radius 3 is 2.81 bits per heavy atom. The molecule has 10 heteroatoms. The van der Waals surface area contributed by atoms with Crippen LogP contribution < -0.4 is 15.8 Å². The molecule has 2 aromatic heterocycles. The average Bonchev–Trinajstić information content (AvgIpc) is 3.26. The molecule has 4 aromatic rings. The fourth-order valence-electron chi connectivity index (χ4n) is 2.83. The molecule has 0 aliphatic rings. The fraction of sp³-hybridized carbons (Fsp3) is 0.0455. The number of ether oxygens (including phenoxy) is 1. The number of nitrogens with two attached hydrogens (primary N) is 1. The summed E-state index contributed by atoms with van der Waals surface area (Å²) in [7, 11) is 0. The van der Waals surface area contributed by atoms with Crippen molar-refractivity contribution in [1.29, 1.82) is 0 Å². The zero-order valence-electron chi connectivity index (χ0n) is 16.3. The van der Waals surface area contributed by atoms with Crippen molar-refractivity contribution in [3.05, 3.63) is 87.4 Å². The maximum absolute atomic E-state index is 15.1. The molecule has 0 radical (unpaired) electrons. The van der Waals surface area contributed by atoms with Crippen molar-refractivity contribution in [2.75, 3.05) is 5.73 Å². The molecule has 0 aliphatic heterocycles. The monoisotopic (exact) mass is 488 g/mol. The summed E-state index contributed by atoms with van der Waals surface area (Å²) in [5.74, 6) is -1.09. The van der Waals surface area contributed by atoms with E-state index < -0.39 is 11.7 Å². The summed E-state index contributed by atoms with van der Waals surface area (Å²) < 4.78 is 20.6. The van der Waals surface area contributed by atoms with Crippen molar-refractivity contribution < 1.29 is 13.9 Å². The lowest BCUT2D eigenvalue weighted by atomic mass is 10.2. The first kappa shape index (κ1) is 22.0. The van der Waals surface area contributed by atoms with Gasteiger partial charge in [-0.05, 0) is 30.3 Å². The number of aromatic nitrogens is 2. The number of rotatable bonds is 6. The Morgan fingerprint density at radius 2 is 2.06 bits per heavy atom. The fourth-order valence-corrected chi connectivity index (χ4v) is 4.04. The summed E-state index contributed by atoms with van der Waals surface area (Å²) in [6.07, 6.45) is 3.32. The Bertz CT molecular complexity index is 1260. The van der Waals surface area contributed by atoms with Crippen molar-refractivity contribution in [2.24, 2.45) is 0 Å². The number of nitrogens with zero attached hydrogens (tertiary/aromatic N) is 2. The van der Waals surface area contributed by atoms with Gasteiger partial charge in [0.05, 0.1) is 5.02 Å². The Labute approximate surface area is 196 Å². The molecule has 0 fully saturated rings. The molecule has 162 valence electrons. The van der Waals surface area contributed by atoms with E-state index in [2.05, 4.69) is 15.3 Å². The molecule has 1 amide bonds. The predicted octanol–water partition coefficient (Wildman–Crippen LogP) is 5.96. The van der Waals surface area contributed by atoms with E-state index in [1.54, 1.807) is 23.8 Å². The summed E-state index contributed by atoms with van der Waals surface area (Å²) in [5.41, 5.74) is 7.34. The largest absolute Gasteiger partial charge is 0.453 e. The molecule has 6 nitrogen and oxygen atoms in total. The van der Waals surface area contributed by atoms with Crippen LogP contribution in [0.1, 0.15) is 16.1 Å². The van der Waals surface area contributed by atoms with Crippen LogP contribution in [-0.4, -0.2) is 15.9 Å². The third kappa shape index (κ3) is 4.99. The number of nitrogen functional groups attached to an aromatic ring is 1. The van der Waals surface area contributed by atoms with Crippen LogP contribution in [0.5, 0.6) is 11.5 Å². The van der Waals surface area contributed by atoms with Crippen molar-refractivity contribution in [3.63, 3.8) is 0 Å². The van der Waals surface area contributed by atoms with Gasteiger partial charge in [0, 0.05) is 52.2 Å². The van der Waals surface area contributed by atoms with Crippen LogP contribution in [0.2, 0.25) is 10.0 Å². The van der Waals surface area contributed by atoms with E-state index in [1.807, 2.05) is 6.07 Å². The number of carbonyl (C=O) groups is 1. The zero-order chi connectivity index (χ0) is 22.7. The van der Waals surface area contributed by atoms with Crippen LogP contribution in [0, 0.1) is 5.82 Å². The van der Waals surface area contributed by atoms with Gasteiger partial charge >= 0.3 is 0 Å². The van der Waals surface area contributed by atoms with Gasteiger partial charge in [0.25, 0.3) is 5.91 Å². The maximum Gasteiger partial charge on any atom is 0.271 e. The summed E-state index contributed by atoms with van der Waals surface area (Å²) in [6, 6.07) is 11.1. The lowest BCUT2D eigenvalue weighted by Gasteiger charge is -2.13. The van der Waals surface area contributed by atoms with Crippen LogP contribution in [-0.2, 0) is 6.54 Å². The molecule has 0 aliphatic carbocycles. The van der Waals surface area contributed by atoms with Crippen LogP contribution >= 0.6 is 34.5 Å². The minimum absolute atomic E-state index is 0.0664. The lowest BCUT2D eigenvalue weighted by molar-refractivity contribution is 0.0946. The van der Waals surface area contributed by atoms with Gasteiger partial charge in [0.2, 0.25) is 0 Å². The molecular weight excluding hydrogens is 474 g/mol. The summed E-state index contributed by atoms with van der Waals surface area (Å²) in [6.45, 7) is -0.0877. The van der Waals surface area contributed by atoms with E-state index in [0.29, 0.717) is 15.7 Å². The standard InChI is InChI=1S/C22H15Cl2FN4O2S/c23-14-6-15(26)8-16(7-14)31-20-17(24)4-3-12(19(20)25)10-28-21(30)18-11-32-22(29-18)13-2-1-5-27-9-13/h1-9,11H,10,26H2,(H,28,30). The molecule has 0 atom stereocenters. The normalized spacial score (nSPS) is 10.7. The minimum atomic E-state index is -0.703. The van der Waals surface area contributed by atoms with E-state index in [4.69, 9.17) is 33.7 Å². The van der Waals surface area contributed by atoms with E-state index in [9.17, 15) is 4.79 Å². The van der Waals surface area contributed by atoms with Gasteiger partial charge in [0.15, 0.2) is 11.6 Å². The van der Waals surface area contributed by atoms with Crippen LogP contribution in [0.4, 0.5) is 10.1 Å². The summed E-state index contributed by atoms with van der Waals surface area (Å²) >= 11 is 13.4. The van der Waals surface area contributed by atoms with Gasteiger partial charge in [-0.3, -0.25) is 9.78 Å². The van der Waals surface area contributed by atoms with Gasteiger partial charge in [-0.25, -0.2) is 9.37 Å². The molecule has 0 spiro atoms. The van der Waals surface area contributed by atoms with Gasteiger partial charge in [-0.15, -0.1) is 11.3 Å². The molecule has 32 heavy (non-hydrogen) atoms. The molecule has 2 aromatic carbocycles. The molecule has 0 unspecified atom stereocenters. The number of benzene rings is 2. The topological polar surface area (TPSA) is 90.1 Å². The van der Waals surface area contributed by atoms with Crippen molar-refractivity contribution >= 4 is 46.1 Å². The number of pyridine rings is 1. The van der Waals surface area contributed by atoms with E-state index >= 15 is 4.39 Å². The molecule has 0 saturated heterocycles. The third-order valence-electron chi connectivity index (χ3n) is 4.33. The van der Waals surface area contributed by atoms with E-state index in [-0.39, 0.29) is 34.3 Å². The number of hydrogen-bond donors (Lipinski definition) is 2. The van der Waals surface area contributed by atoms with Gasteiger partial charge in [0.1, 0.15) is 16.5 Å². The number of hydrogen-bond acceptors (Lipinski definition) is 6. The van der Waals surface area contributed by atoms with E-state index in [0.717, 1.165) is 5.56 Å². The second-order valence-electron chi connectivity index (χ2n) is 6.63. The Morgan fingerprint density at radius 1 is 1.22 bits per heavy atom. The first-order chi connectivity index (χ1) is 15.4. The van der Waals surface area contributed by atoms with Crippen molar-refractivity contribution in [3.8, 4) is 22.1 Å². The smallest absolute Gasteiger partial charge is 0.271 e. The highest BCUT2D eigenvalue weighted by Crippen LogP contribution is 2.35. The third-order valence-corrected chi connectivity index (χ3v) is 5.73.